The number of likely N-dealkylation sites (tertiary alicyclic amines) is 1. The standard InChI is InChI=1S/C16H22FNO/c1-16(2)7-4-9-18(10-8-16)12-15(19)13-5-3-6-14(17)11-13/h3,5-6,11H,4,7-10,12H2,1-2H3. The summed E-state index contributed by atoms with van der Waals surface area (Å²) in [5.41, 5.74) is 0.847. The summed E-state index contributed by atoms with van der Waals surface area (Å²) in [6, 6.07) is 5.97. The van der Waals surface area contributed by atoms with Crippen LogP contribution in [-0.4, -0.2) is 30.3 Å². The fourth-order valence-electron chi connectivity index (χ4n) is 2.59. The maximum absolute atomic E-state index is 13.1. The molecule has 1 saturated heterocycles. The number of halogens is 1. The molecule has 0 spiro atoms. The Labute approximate surface area is 114 Å². The van der Waals surface area contributed by atoms with Gasteiger partial charge in [0, 0.05) is 5.56 Å². The molecule has 1 aromatic rings. The second kappa shape index (κ2) is 5.83. The third-order valence-corrected chi connectivity index (χ3v) is 3.95. The monoisotopic (exact) mass is 263 g/mol. The van der Waals surface area contributed by atoms with Crippen LogP contribution >= 0.6 is 0 Å². The van der Waals surface area contributed by atoms with Crippen LogP contribution in [0.5, 0.6) is 0 Å². The van der Waals surface area contributed by atoms with E-state index in [9.17, 15) is 9.18 Å². The van der Waals surface area contributed by atoms with Gasteiger partial charge in [-0.3, -0.25) is 9.69 Å². The third-order valence-electron chi connectivity index (χ3n) is 3.95. The van der Waals surface area contributed by atoms with E-state index in [4.69, 9.17) is 0 Å². The van der Waals surface area contributed by atoms with Crippen LogP contribution in [0.15, 0.2) is 24.3 Å². The molecule has 0 N–H and O–H groups in total. The minimum Gasteiger partial charge on any atom is -0.296 e. The molecule has 104 valence electrons. The van der Waals surface area contributed by atoms with Gasteiger partial charge in [0.25, 0.3) is 0 Å². The number of nitrogens with zero attached hydrogens (tertiary/aromatic N) is 1. The van der Waals surface area contributed by atoms with Crippen molar-refractivity contribution in [3.63, 3.8) is 0 Å². The fraction of sp³-hybridized carbons (Fsp3) is 0.562. The molecule has 0 bridgehead atoms. The largest absolute Gasteiger partial charge is 0.296 e. The van der Waals surface area contributed by atoms with Crippen molar-refractivity contribution in [3.8, 4) is 0 Å². The Hall–Kier alpha value is -1.22. The summed E-state index contributed by atoms with van der Waals surface area (Å²) < 4.78 is 13.1. The molecule has 0 amide bonds. The van der Waals surface area contributed by atoms with Crippen LogP contribution in [0.25, 0.3) is 0 Å². The second-order valence-electron chi connectivity index (χ2n) is 6.23. The maximum atomic E-state index is 13.1. The van der Waals surface area contributed by atoms with E-state index in [0.717, 1.165) is 25.9 Å². The van der Waals surface area contributed by atoms with Crippen LogP contribution in [0.4, 0.5) is 4.39 Å². The summed E-state index contributed by atoms with van der Waals surface area (Å²) >= 11 is 0. The van der Waals surface area contributed by atoms with Gasteiger partial charge in [-0.1, -0.05) is 26.0 Å². The summed E-state index contributed by atoms with van der Waals surface area (Å²) in [6.07, 6.45) is 3.45. The highest BCUT2D eigenvalue weighted by molar-refractivity contribution is 5.97. The van der Waals surface area contributed by atoms with Crippen molar-refractivity contribution in [3.05, 3.63) is 35.6 Å². The summed E-state index contributed by atoms with van der Waals surface area (Å²) in [6.45, 7) is 6.88. The van der Waals surface area contributed by atoms with Crippen LogP contribution in [0.3, 0.4) is 0 Å². The van der Waals surface area contributed by atoms with Gasteiger partial charge < -0.3 is 0 Å². The third kappa shape index (κ3) is 4.13. The van der Waals surface area contributed by atoms with E-state index >= 15 is 0 Å². The Morgan fingerprint density at radius 1 is 1.32 bits per heavy atom. The van der Waals surface area contributed by atoms with Crippen LogP contribution in [-0.2, 0) is 0 Å². The van der Waals surface area contributed by atoms with Gasteiger partial charge in [0.05, 0.1) is 6.54 Å². The predicted molar refractivity (Wildman–Crippen MR) is 74.8 cm³/mol. The van der Waals surface area contributed by atoms with Gasteiger partial charge in [0.2, 0.25) is 0 Å². The van der Waals surface area contributed by atoms with E-state index in [1.807, 2.05) is 0 Å². The van der Waals surface area contributed by atoms with E-state index in [-0.39, 0.29) is 11.6 Å². The van der Waals surface area contributed by atoms with Gasteiger partial charge in [-0.15, -0.1) is 0 Å². The molecular formula is C16H22FNO. The average molecular weight is 263 g/mol. The Morgan fingerprint density at radius 3 is 2.84 bits per heavy atom. The zero-order chi connectivity index (χ0) is 13.9. The summed E-state index contributed by atoms with van der Waals surface area (Å²) in [5.74, 6) is -0.331. The molecule has 2 rings (SSSR count). The molecule has 1 aliphatic heterocycles. The van der Waals surface area contributed by atoms with Gasteiger partial charge in [0.15, 0.2) is 5.78 Å². The zero-order valence-corrected chi connectivity index (χ0v) is 11.8. The molecule has 2 nitrogen and oxygen atoms in total. The van der Waals surface area contributed by atoms with Crippen molar-refractivity contribution < 1.29 is 9.18 Å². The van der Waals surface area contributed by atoms with Crippen molar-refractivity contribution in [1.82, 2.24) is 4.90 Å². The number of ketones is 1. The van der Waals surface area contributed by atoms with Gasteiger partial charge >= 0.3 is 0 Å². The Bertz CT molecular complexity index is 456. The first-order chi connectivity index (χ1) is 8.96. The lowest BCUT2D eigenvalue weighted by Gasteiger charge is -2.22. The molecular weight excluding hydrogens is 241 g/mol. The van der Waals surface area contributed by atoms with Gasteiger partial charge in [-0.05, 0) is 49.9 Å². The molecule has 0 atom stereocenters. The number of carbonyl (C=O) groups is 1. The van der Waals surface area contributed by atoms with Gasteiger partial charge in [-0.25, -0.2) is 4.39 Å². The minimum atomic E-state index is -0.345. The molecule has 3 heteroatoms. The smallest absolute Gasteiger partial charge is 0.176 e. The number of Topliss-reactive ketones (excluding diaryl/α,β-unsaturated/α-hetero) is 1. The van der Waals surface area contributed by atoms with Gasteiger partial charge in [-0.2, -0.15) is 0 Å². The quantitative estimate of drug-likeness (QED) is 0.778. The number of hydrogen-bond acceptors (Lipinski definition) is 2. The Balaban J connectivity index is 1.96. The SMILES string of the molecule is CC1(C)CCCN(CC(=O)c2cccc(F)c2)CC1. The summed E-state index contributed by atoms with van der Waals surface area (Å²) in [4.78, 5) is 14.3. The lowest BCUT2D eigenvalue weighted by atomic mass is 9.85. The topological polar surface area (TPSA) is 20.3 Å². The van der Waals surface area contributed by atoms with Gasteiger partial charge in [0.1, 0.15) is 5.82 Å². The normalized spacial score (nSPS) is 19.9. The fourth-order valence-corrected chi connectivity index (χ4v) is 2.59. The molecule has 0 aliphatic carbocycles. The number of hydrogen-bond donors (Lipinski definition) is 0. The van der Waals surface area contributed by atoms with Crippen molar-refractivity contribution in [2.45, 2.75) is 33.1 Å². The number of carbonyl (C=O) groups excluding carboxylic acids is 1. The molecule has 1 aliphatic rings. The summed E-state index contributed by atoms with van der Waals surface area (Å²) in [7, 11) is 0. The molecule has 0 unspecified atom stereocenters. The minimum absolute atomic E-state index is 0.0132. The average Bonchev–Trinajstić information content (AvgIpc) is 2.51. The first kappa shape index (κ1) is 14.2. The second-order valence-corrected chi connectivity index (χ2v) is 6.23. The first-order valence-electron chi connectivity index (χ1n) is 6.97. The highest BCUT2D eigenvalue weighted by Crippen LogP contribution is 2.29. The van der Waals surface area contributed by atoms with Crippen molar-refractivity contribution in [1.29, 1.82) is 0 Å². The maximum Gasteiger partial charge on any atom is 0.176 e. The van der Waals surface area contributed by atoms with E-state index in [1.54, 1.807) is 12.1 Å². The van der Waals surface area contributed by atoms with Crippen LogP contribution in [0.2, 0.25) is 0 Å². The predicted octanol–water partition coefficient (Wildman–Crippen LogP) is 3.52. The first-order valence-corrected chi connectivity index (χ1v) is 6.97. The highest BCUT2D eigenvalue weighted by Gasteiger charge is 2.24. The van der Waals surface area contributed by atoms with Crippen molar-refractivity contribution >= 4 is 5.78 Å². The van der Waals surface area contributed by atoms with Crippen LogP contribution in [0, 0.1) is 11.2 Å². The van der Waals surface area contributed by atoms with Crippen LogP contribution in [0.1, 0.15) is 43.5 Å². The zero-order valence-electron chi connectivity index (χ0n) is 11.8. The van der Waals surface area contributed by atoms with E-state index in [2.05, 4.69) is 18.7 Å². The molecule has 1 aromatic carbocycles. The molecule has 0 saturated carbocycles. The van der Waals surface area contributed by atoms with Crippen molar-refractivity contribution in [2.24, 2.45) is 5.41 Å². The summed E-state index contributed by atoms with van der Waals surface area (Å²) in [5, 5.41) is 0. The molecule has 0 radical (unpaired) electrons. The van der Waals surface area contributed by atoms with E-state index in [1.165, 1.54) is 18.6 Å². The lowest BCUT2D eigenvalue weighted by molar-refractivity contribution is 0.0930. The van der Waals surface area contributed by atoms with E-state index in [0.29, 0.717) is 17.5 Å². The highest BCUT2D eigenvalue weighted by atomic mass is 19.1. The molecule has 1 fully saturated rings. The number of rotatable bonds is 3. The Kier molecular flexibility index (Phi) is 4.35. The van der Waals surface area contributed by atoms with Crippen LogP contribution < -0.4 is 0 Å². The van der Waals surface area contributed by atoms with Crippen molar-refractivity contribution in [2.75, 3.05) is 19.6 Å². The lowest BCUT2D eigenvalue weighted by Crippen LogP contribution is -2.31. The molecule has 19 heavy (non-hydrogen) atoms. The molecule has 1 heterocycles. The van der Waals surface area contributed by atoms with E-state index < -0.39 is 0 Å². The number of benzene rings is 1. The molecule has 0 aromatic heterocycles. The Morgan fingerprint density at radius 2 is 2.11 bits per heavy atom.